The third-order valence-electron chi connectivity index (χ3n) is 6.50. The van der Waals surface area contributed by atoms with Crippen molar-refractivity contribution in [2.24, 2.45) is 7.05 Å². The van der Waals surface area contributed by atoms with Gasteiger partial charge in [-0.3, -0.25) is 18.6 Å². The predicted molar refractivity (Wildman–Crippen MR) is 131 cm³/mol. The highest BCUT2D eigenvalue weighted by Crippen LogP contribution is 2.23. The van der Waals surface area contributed by atoms with Gasteiger partial charge in [-0.05, 0) is 49.4 Å². The van der Waals surface area contributed by atoms with Crippen LogP contribution in [-0.2, 0) is 18.3 Å². The number of thiophene rings is 1. The fourth-order valence-corrected chi connectivity index (χ4v) is 5.60. The summed E-state index contributed by atoms with van der Waals surface area (Å²) in [4.78, 5) is 29.8. The van der Waals surface area contributed by atoms with Crippen molar-refractivity contribution in [1.29, 1.82) is 0 Å². The van der Waals surface area contributed by atoms with Gasteiger partial charge in [0.15, 0.2) is 0 Å². The standard InChI is InChI=1S/C24H28N6O2S/c1-16-6-4-7-18(14-16)29-12-11-28(15-17(29)2)21(31)9-5-8-20-25-26-24-27(3)23(32)22-19(30(20)24)10-13-33-22/h4,6-7,10,13-14,17H,5,8-9,11-12,15H2,1-3H3. The zero-order chi connectivity index (χ0) is 23.1. The Labute approximate surface area is 196 Å². The molecule has 33 heavy (non-hydrogen) atoms. The smallest absolute Gasteiger partial charge is 0.272 e. The molecule has 4 heterocycles. The van der Waals surface area contributed by atoms with Crippen LogP contribution in [0, 0.1) is 6.92 Å². The summed E-state index contributed by atoms with van der Waals surface area (Å²) in [5.74, 6) is 1.51. The van der Waals surface area contributed by atoms with Gasteiger partial charge in [0.05, 0.1) is 5.52 Å². The van der Waals surface area contributed by atoms with Gasteiger partial charge in [-0.1, -0.05) is 12.1 Å². The Bertz CT molecular complexity index is 1390. The van der Waals surface area contributed by atoms with E-state index in [0.29, 0.717) is 29.7 Å². The molecular weight excluding hydrogens is 436 g/mol. The molecule has 0 aliphatic carbocycles. The van der Waals surface area contributed by atoms with Crippen molar-refractivity contribution in [1.82, 2.24) is 24.1 Å². The summed E-state index contributed by atoms with van der Waals surface area (Å²) < 4.78 is 4.18. The van der Waals surface area contributed by atoms with Crippen LogP contribution in [0.4, 0.5) is 5.69 Å². The van der Waals surface area contributed by atoms with Gasteiger partial charge in [0.25, 0.3) is 5.56 Å². The number of rotatable bonds is 5. The van der Waals surface area contributed by atoms with Crippen LogP contribution >= 0.6 is 11.3 Å². The molecular formula is C24H28N6O2S. The summed E-state index contributed by atoms with van der Waals surface area (Å²) in [5.41, 5.74) is 3.26. The number of hydrogen-bond donors (Lipinski definition) is 0. The van der Waals surface area contributed by atoms with Gasteiger partial charge in [0.1, 0.15) is 10.5 Å². The summed E-state index contributed by atoms with van der Waals surface area (Å²) in [6.45, 7) is 6.60. The Morgan fingerprint density at radius 3 is 2.85 bits per heavy atom. The van der Waals surface area contributed by atoms with Crippen LogP contribution in [0.1, 0.15) is 31.2 Å². The summed E-state index contributed by atoms with van der Waals surface area (Å²) >= 11 is 1.43. The van der Waals surface area contributed by atoms with Crippen LogP contribution in [0.2, 0.25) is 0 Å². The molecule has 4 aromatic rings. The quantitative estimate of drug-likeness (QED) is 0.454. The molecule has 1 fully saturated rings. The number of aryl methyl sites for hydroxylation is 3. The van der Waals surface area contributed by atoms with E-state index in [9.17, 15) is 9.59 Å². The summed E-state index contributed by atoms with van der Waals surface area (Å²) in [6.07, 6.45) is 1.81. The van der Waals surface area contributed by atoms with Crippen molar-refractivity contribution < 1.29 is 4.79 Å². The molecule has 1 saturated heterocycles. The van der Waals surface area contributed by atoms with E-state index >= 15 is 0 Å². The predicted octanol–water partition coefficient (Wildman–Crippen LogP) is 3.01. The van der Waals surface area contributed by atoms with E-state index in [1.165, 1.54) is 27.2 Å². The number of amides is 1. The molecule has 0 saturated carbocycles. The molecule has 0 N–H and O–H groups in total. The average molecular weight is 465 g/mol. The molecule has 1 aromatic carbocycles. The number of piperazine rings is 1. The van der Waals surface area contributed by atoms with Crippen LogP contribution < -0.4 is 10.5 Å². The summed E-state index contributed by atoms with van der Waals surface area (Å²) in [5, 5.41) is 10.5. The van der Waals surface area contributed by atoms with Crippen LogP contribution in [0.5, 0.6) is 0 Å². The lowest BCUT2D eigenvalue weighted by Gasteiger charge is -2.41. The topological polar surface area (TPSA) is 75.7 Å². The minimum atomic E-state index is -0.0550. The lowest BCUT2D eigenvalue weighted by Crippen LogP contribution is -2.53. The van der Waals surface area contributed by atoms with Gasteiger partial charge in [-0.15, -0.1) is 21.5 Å². The second-order valence-electron chi connectivity index (χ2n) is 8.83. The average Bonchev–Trinajstić information content (AvgIpc) is 3.44. The lowest BCUT2D eigenvalue weighted by atomic mass is 10.1. The number of nitrogens with zero attached hydrogens (tertiary/aromatic N) is 6. The maximum Gasteiger partial charge on any atom is 0.272 e. The summed E-state index contributed by atoms with van der Waals surface area (Å²) in [7, 11) is 1.72. The number of carbonyl (C=O) groups excluding carboxylic acids is 1. The fraction of sp³-hybridized carbons (Fsp3) is 0.417. The number of fused-ring (bicyclic) bond motifs is 3. The second kappa shape index (κ2) is 8.62. The number of carbonyl (C=O) groups is 1. The van der Waals surface area contributed by atoms with Gasteiger partial charge in [-0.2, -0.15) is 0 Å². The first-order valence-corrected chi connectivity index (χ1v) is 12.2. The second-order valence-corrected chi connectivity index (χ2v) is 9.74. The molecule has 1 amide bonds. The SMILES string of the molecule is Cc1cccc(N2CCN(C(=O)CCCc3nnc4n(C)c(=O)c5sccc5n34)CC2C)c1. The Kier molecular flexibility index (Phi) is 5.65. The van der Waals surface area contributed by atoms with E-state index in [1.54, 1.807) is 7.05 Å². The highest BCUT2D eigenvalue weighted by atomic mass is 32.1. The van der Waals surface area contributed by atoms with E-state index in [1.807, 2.05) is 20.7 Å². The molecule has 0 radical (unpaired) electrons. The minimum absolute atomic E-state index is 0.0550. The minimum Gasteiger partial charge on any atom is -0.365 e. The highest BCUT2D eigenvalue weighted by Gasteiger charge is 2.26. The Balaban J connectivity index is 1.23. The van der Waals surface area contributed by atoms with Crippen molar-refractivity contribution in [2.75, 3.05) is 24.5 Å². The van der Waals surface area contributed by atoms with E-state index in [-0.39, 0.29) is 17.5 Å². The van der Waals surface area contributed by atoms with Gasteiger partial charge in [-0.25, -0.2) is 0 Å². The number of hydrogen-bond acceptors (Lipinski definition) is 6. The van der Waals surface area contributed by atoms with Crippen molar-refractivity contribution >= 4 is 38.9 Å². The third-order valence-corrected chi connectivity index (χ3v) is 7.39. The highest BCUT2D eigenvalue weighted by molar-refractivity contribution is 7.17. The first-order chi connectivity index (χ1) is 15.9. The lowest BCUT2D eigenvalue weighted by molar-refractivity contribution is -0.132. The zero-order valence-corrected chi connectivity index (χ0v) is 20.0. The van der Waals surface area contributed by atoms with Gasteiger partial charge >= 0.3 is 0 Å². The van der Waals surface area contributed by atoms with E-state index < -0.39 is 0 Å². The molecule has 1 aliphatic heterocycles. The molecule has 3 aromatic heterocycles. The first-order valence-electron chi connectivity index (χ1n) is 11.4. The molecule has 1 atom stereocenters. The maximum absolute atomic E-state index is 12.9. The van der Waals surface area contributed by atoms with Crippen LogP contribution in [0.25, 0.3) is 16.0 Å². The molecule has 0 spiro atoms. The first kappa shape index (κ1) is 21.6. The molecule has 172 valence electrons. The van der Waals surface area contributed by atoms with Crippen molar-refractivity contribution in [3.63, 3.8) is 0 Å². The van der Waals surface area contributed by atoms with Crippen molar-refractivity contribution in [2.45, 2.75) is 39.2 Å². The van der Waals surface area contributed by atoms with Crippen molar-refractivity contribution in [3.05, 3.63) is 57.5 Å². The Hall–Kier alpha value is -3.20. The van der Waals surface area contributed by atoms with Gasteiger partial charge in [0, 0.05) is 51.3 Å². The van der Waals surface area contributed by atoms with Crippen LogP contribution in [0.15, 0.2) is 40.5 Å². The fourth-order valence-electron chi connectivity index (χ4n) is 4.74. The van der Waals surface area contributed by atoms with E-state index in [2.05, 4.69) is 53.2 Å². The zero-order valence-electron chi connectivity index (χ0n) is 19.2. The number of benzene rings is 1. The van der Waals surface area contributed by atoms with E-state index in [4.69, 9.17) is 0 Å². The molecule has 1 aliphatic rings. The van der Waals surface area contributed by atoms with Crippen molar-refractivity contribution in [3.8, 4) is 0 Å². The third kappa shape index (κ3) is 3.90. The normalized spacial score (nSPS) is 16.8. The Morgan fingerprint density at radius 2 is 2.06 bits per heavy atom. The number of anilines is 1. The van der Waals surface area contributed by atoms with Gasteiger partial charge in [0.2, 0.25) is 11.7 Å². The molecule has 9 heteroatoms. The largest absolute Gasteiger partial charge is 0.365 e. The molecule has 1 unspecified atom stereocenters. The molecule has 0 bridgehead atoms. The molecule has 5 rings (SSSR count). The molecule has 8 nitrogen and oxygen atoms in total. The maximum atomic E-state index is 12.9. The van der Waals surface area contributed by atoms with Crippen LogP contribution in [-0.4, -0.2) is 55.6 Å². The summed E-state index contributed by atoms with van der Waals surface area (Å²) in [6, 6.07) is 10.8. The van der Waals surface area contributed by atoms with E-state index in [0.717, 1.165) is 31.0 Å². The van der Waals surface area contributed by atoms with Crippen LogP contribution in [0.3, 0.4) is 0 Å². The van der Waals surface area contributed by atoms with Gasteiger partial charge < -0.3 is 9.80 Å². The number of aromatic nitrogens is 4. The Morgan fingerprint density at radius 1 is 1.21 bits per heavy atom. The monoisotopic (exact) mass is 464 g/mol.